The molecule has 0 unspecified atom stereocenters. The van der Waals surface area contributed by atoms with Crippen molar-refractivity contribution in [2.24, 2.45) is 0 Å². The third-order valence-electron chi connectivity index (χ3n) is 2.53. The maximum Gasteiger partial charge on any atom is 0.251 e. The highest BCUT2D eigenvalue weighted by molar-refractivity contribution is 7.92. The first kappa shape index (κ1) is 15.7. The van der Waals surface area contributed by atoms with Crippen molar-refractivity contribution in [3.05, 3.63) is 29.8 Å². The van der Waals surface area contributed by atoms with E-state index in [1.807, 2.05) is 20.8 Å². The van der Waals surface area contributed by atoms with Crippen molar-refractivity contribution in [3.63, 3.8) is 0 Å². The van der Waals surface area contributed by atoms with E-state index in [0.29, 0.717) is 5.56 Å². The Bertz CT molecular complexity index is 569. The fraction of sp³-hybridized carbons (Fsp3) is 0.500. The normalized spacial score (nSPS) is 12.5. The van der Waals surface area contributed by atoms with Crippen LogP contribution in [-0.4, -0.2) is 25.1 Å². The topological polar surface area (TPSA) is 63.2 Å². The van der Waals surface area contributed by atoms with Crippen molar-refractivity contribution in [1.29, 1.82) is 0 Å². The minimum Gasteiger partial charge on any atom is -0.347 e. The van der Waals surface area contributed by atoms with Crippen LogP contribution in [0.5, 0.6) is 0 Å². The minimum atomic E-state index is -3.36. The largest absolute Gasteiger partial charge is 0.347 e. The van der Waals surface area contributed by atoms with Gasteiger partial charge in [0.25, 0.3) is 5.91 Å². The van der Waals surface area contributed by atoms with E-state index in [0.717, 1.165) is 0 Å². The van der Waals surface area contributed by atoms with Crippen LogP contribution in [0.3, 0.4) is 0 Å². The molecule has 0 atom stereocenters. The fourth-order valence-electron chi connectivity index (χ4n) is 1.50. The Balaban J connectivity index is 3.12. The smallest absolute Gasteiger partial charge is 0.251 e. The summed E-state index contributed by atoms with van der Waals surface area (Å²) in [6.07, 6.45) is 0. The molecule has 19 heavy (non-hydrogen) atoms. The predicted octanol–water partition coefficient (Wildman–Crippen LogP) is 2.40. The van der Waals surface area contributed by atoms with Crippen LogP contribution in [0.2, 0.25) is 0 Å². The summed E-state index contributed by atoms with van der Waals surface area (Å²) in [6.45, 7) is 8.87. The Kier molecular flexibility index (Phi) is 4.40. The minimum absolute atomic E-state index is 0.184. The van der Waals surface area contributed by atoms with Gasteiger partial charge in [-0.1, -0.05) is 6.07 Å². The first-order valence-electron chi connectivity index (χ1n) is 6.20. The Morgan fingerprint density at radius 3 is 2.26 bits per heavy atom. The molecule has 0 radical (unpaired) electrons. The maximum absolute atomic E-state index is 12.1. The van der Waals surface area contributed by atoms with E-state index in [1.165, 1.54) is 12.1 Å². The number of carbonyl (C=O) groups is 1. The lowest BCUT2D eigenvalue weighted by atomic mass is 10.1. The lowest BCUT2D eigenvalue weighted by Crippen LogP contribution is -2.40. The average Bonchev–Trinajstić information content (AvgIpc) is 2.26. The number of hydrogen-bond donors (Lipinski definition) is 1. The lowest BCUT2D eigenvalue weighted by molar-refractivity contribution is 0.0919. The SMILES string of the molecule is CC(C)S(=O)(=O)c1cccc(C(=O)NC(C)(C)C)c1. The van der Waals surface area contributed by atoms with Gasteiger partial charge in [0.15, 0.2) is 9.84 Å². The van der Waals surface area contributed by atoms with Crippen LogP contribution in [0.4, 0.5) is 0 Å². The molecule has 0 heterocycles. The molecule has 1 aromatic rings. The standard InChI is InChI=1S/C14H21NO3S/c1-10(2)19(17,18)12-8-6-7-11(9-12)13(16)15-14(3,4)5/h6-10H,1-5H3,(H,15,16). The first-order chi connectivity index (χ1) is 8.54. The molecular formula is C14H21NO3S. The summed E-state index contributed by atoms with van der Waals surface area (Å²) in [5.74, 6) is -0.270. The molecule has 1 N–H and O–H groups in total. The highest BCUT2D eigenvalue weighted by Crippen LogP contribution is 2.17. The molecule has 1 aromatic carbocycles. The van der Waals surface area contributed by atoms with E-state index in [9.17, 15) is 13.2 Å². The second kappa shape index (κ2) is 5.33. The van der Waals surface area contributed by atoms with Gasteiger partial charge >= 0.3 is 0 Å². The molecule has 0 fully saturated rings. The summed E-state index contributed by atoms with van der Waals surface area (Å²) in [5.41, 5.74) is 0.000877. The number of carbonyl (C=O) groups excluding carboxylic acids is 1. The van der Waals surface area contributed by atoms with Crippen LogP contribution in [0.1, 0.15) is 45.0 Å². The second-order valence-electron chi connectivity index (χ2n) is 5.83. The van der Waals surface area contributed by atoms with Gasteiger partial charge in [-0.25, -0.2) is 8.42 Å². The zero-order chi connectivity index (χ0) is 14.8. The third kappa shape index (κ3) is 4.06. The monoisotopic (exact) mass is 283 g/mol. The lowest BCUT2D eigenvalue weighted by Gasteiger charge is -2.20. The van der Waals surface area contributed by atoms with Crippen LogP contribution in [-0.2, 0) is 9.84 Å². The Morgan fingerprint density at radius 1 is 1.21 bits per heavy atom. The number of nitrogens with one attached hydrogen (secondary N) is 1. The van der Waals surface area contributed by atoms with Crippen molar-refractivity contribution in [1.82, 2.24) is 5.32 Å². The summed E-state index contributed by atoms with van der Waals surface area (Å²) in [4.78, 5) is 12.2. The highest BCUT2D eigenvalue weighted by atomic mass is 32.2. The summed E-state index contributed by atoms with van der Waals surface area (Å²) in [6, 6.07) is 6.15. The van der Waals surface area contributed by atoms with E-state index < -0.39 is 15.1 Å². The van der Waals surface area contributed by atoms with E-state index in [-0.39, 0.29) is 16.3 Å². The van der Waals surface area contributed by atoms with Crippen LogP contribution in [0, 0.1) is 0 Å². The van der Waals surface area contributed by atoms with Gasteiger partial charge in [-0.05, 0) is 52.8 Å². The first-order valence-corrected chi connectivity index (χ1v) is 7.75. The molecule has 0 aliphatic carbocycles. The Hall–Kier alpha value is -1.36. The third-order valence-corrected chi connectivity index (χ3v) is 4.69. The van der Waals surface area contributed by atoms with Crippen molar-refractivity contribution in [2.45, 2.75) is 50.3 Å². The molecule has 0 spiro atoms. The second-order valence-corrected chi connectivity index (χ2v) is 8.33. The molecule has 1 amide bonds. The number of amides is 1. The van der Waals surface area contributed by atoms with Crippen LogP contribution >= 0.6 is 0 Å². The molecule has 0 saturated heterocycles. The average molecular weight is 283 g/mol. The molecule has 0 aliphatic heterocycles. The molecule has 0 bridgehead atoms. The molecule has 1 rings (SSSR count). The molecule has 0 aromatic heterocycles. The molecule has 0 aliphatic rings. The molecular weight excluding hydrogens is 262 g/mol. The van der Waals surface area contributed by atoms with Crippen molar-refractivity contribution in [3.8, 4) is 0 Å². The summed E-state index contributed by atoms with van der Waals surface area (Å²) >= 11 is 0. The Labute approximate surface area is 115 Å². The van der Waals surface area contributed by atoms with Crippen molar-refractivity contribution < 1.29 is 13.2 Å². The zero-order valence-electron chi connectivity index (χ0n) is 12.0. The quantitative estimate of drug-likeness (QED) is 0.926. The summed E-state index contributed by atoms with van der Waals surface area (Å²) in [5, 5.41) is 2.30. The van der Waals surface area contributed by atoms with Crippen LogP contribution in [0.15, 0.2) is 29.2 Å². The van der Waals surface area contributed by atoms with Gasteiger partial charge in [-0.3, -0.25) is 4.79 Å². The molecule has 4 nitrogen and oxygen atoms in total. The van der Waals surface area contributed by atoms with E-state index >= 15 is 0 Å². The summed E-state index contributed by atoms with van der Waals surface area (Å²) in [7, 11) is -3.36. The van der Waals surface area contributed by atoms with Crippen molar-refractivity contribution >= 4 is 15.7 Å². The highest BCUT2D eigenvalue weighted by Gasteiger charge is 2.21. The van der Waals surface area contributed by atoms with Gasteiger partial charge in [0, 0.05) is 11.1 Å². The van der Waals surface area contributed by atoms with Gasteiger partial charge < -0.3 is 5.32 Å². The van der Waals surface area contributed by atoms with E-state index in [2.05, 4.69) is 5.32 Å². The number of rotatable bonds is 3. The number of benzene rings is 1. The van der Waals surface area contributed by atoms with Gasteiger partial charge in [-0.2, -0.15) is 0 Å². The van der Waals surface area contributed by atoms with Gasteiger partial charge in [0.2, 0.25) is 0 Å². The fourth-order valence-corrected chi connectivity index (χ4v) is 2.60. The van der Waals surface area contributed by atoms with E-state index in [1.54, 1.807) is 26.0 Å². The van der Waals surface area contributed by atoms with Gasteiger partial charge in [-0.15, -0.1) is 0 Å². The van der Waals surface area contributed by atoms with Crippen LogP contribution < -0.4 is 5.32 Å². The molecule has 5 heteroatoms. The van der Waals surface area contributed by atoms with Gasteiger partial charge in [0.1, 0.15) is 0 Å². The van der Waals surface area contributed by atoms with Gasteiger partial charge in [0.05, 0.1) is 10.1 Å². The van der Waals surface area contributed by atoms with E-state index in [4.69, 9.17) is 0 Å². The summed E-state index contributed by atoms with van der Waals surface area (Å²) < 4.78 is 24.1. The molecule has 106 valence electrons. The maximum atomic E-state index is 12.1. The number of sulfone groups is 1. The number of hydrogen-bond acceptors (Lipinski definition) is 3. The Morgan fingerprint density at radius 2 is 1.79 bits per heavy atom. The predicted molar refractivity (Wildman–Crippen MR) is 76.0 cm³/mol. The zero-order valence-corrected chi connectivity index (χ0v) is 12.8. The van der Waals surface area contributed by atoms with Crippen LogP contribution in [0.25, 0.3) is 0 Å². The van der Waals surface area contributed by atoms with Crippen molar-refractivity contribution in [2.75, 3.05) is 0 Å². The molecule has 0 saturated carbocycles.